The summed E-state index contributed by atoms with van der Waals surface area (Å²) in [5, 5.41) is 11.9. The number of anilines is 1. The van der Waals surface area contributed by atoms with Crippen molar-refractivity contribution < 1.29 is 14.4 Å². The molecule has 0 aliphatic carbocycles. The third kappa shape index (κ3) is 6.89. The van der Waals surface area contributed by atoms with Crippen molar-refractivity contribution in [2.24, 2.45) is 10.8 Å². The van der Waals surface area contributed by atoms with Crippen molar-refractivity contribution in [1.82, 2.24) is 15.2 Å². The van der Waals surface area contributed by atoms with Crippen LogP contribution in [0.3, 0.4) is 0 Å². The second kappa shape index (κ2) is 11.8. The molecule has 0 radical (unpaired) electrons. The molecule has 0 aliphatic heterocycles. The maximum atomic E-state index is 12.9. The maximum Gasteiger partial charge on any atom is 0.273 e. The lowest BCUT2D eigenvalue weighted by molar-refractivity contribution is -0.118. The fourth-order valence-corrected chi connectivity index (χ4v) is 3.71. The Labute approximate surface area is 217 Å². The first-order valence-corrected chi connectivity index (χ1v) is 11.6. The van der Waals surface area contributed by atoms with E-state index in [4.69, 9.17) is 17.3 Å². The second-order valence-corrected chi connectivity index (χ2v) is 8.50. The molecule has 1 heterocycles. The number of amides is 3. The number of hydrogen-bond donors (Lipinski definition) is 3. The van der Waals surface area contributed by atoms with Gasteiger partial charge < -0.3 is 11.1 Å². The highest BCUT2D eigenvalue weighted by atomic mass is 35.5. The first kappa shape index (κ1) is 25.3. The van der Waals surface area contributed by atoms with Crippen LogP contribution in [0.25, 0.3) is 11.3 Å². The molecule has 186 valence electrons. The van der Waals surface area contributed by atoms with E-state index in [2.05, 4.69) is 20.9 Å². The Balaban J connectivity index is 1.47. The van der Waals surface area contributed by atoms with Crippen LogP contribution in [0.15, 0.2) is 90.2 Å². The summed E-state index contributed by atoms with van der Waals surface area (Å²) in [6.07, 6.45) is 3.18. The Kier molecular flexibility index (Phi) is 8.07. The average molecular weight is 515 g/mol. The van der Waals surface area contributed by atoms with E-state index in [9.17, 15) is 14.4 Å². The van der Waals surface area contributed by atoms with E-state index in [-0.39, 0.29) is 24.4 Å². The molecule has 0 fully saturated rings. The molecule has 0 saturated carbocycles. The Morgan fingerprint density at radius 3 is 2.41 bits per heavy atom. The summed E-state index contributed by atoms with van der Waals surface area (Å²) in [5.41, 5.74) is 11.1. The van der Waals surface area contributed by atoms with E-state index in [0.29, 0.717) is 22.0 Å². The van der Waals surface area contributed by atoms with Gasteiger partial charge in [0.2, 0.25) is 11.8 Å². The zero-order valence-corrected chi connectivity index (χ0v) is 20.4. The molecule has 1 aromatic heterocycles. The van der Waals surface area contributed by atoms with Crippen LogP contribution in [0.1, 0.15) is 21.5 Å². The standard InChI is InChI=1S/C27H23ClN6O3/c28-21-12-10-18(11-13-21)14-25(36)31-23-9-5-4-8-22(23)27(37)32-30-15-20-16-34(17-24(29)35)33-26(20)19-6-2-1-3-7-19/h1-13,15-16H,14,17H2,(H2,29,35)(H,31,36)(H,32,37)/b30-15-. The van der Waals surface area contributed by atoms with Crippen LogP contribution in [0, 0.1) is 0 Å². The number of carbonyl (C=O) groups is 3. The molecule has 0 aliphatic rings. The monoisotopic (exact) mass is 514 g/mol. The summed E-state index contributed by atoms with van der Waals surface area (Å²) >= 11 is 5.90. The molecule has 3 amide bonds. The van der Waals surface area contributed by atoms with Crippen molar-refractivity contribution in [1.29, 1.82) is 0 Å². The number of nitrogens with one attached hydrogen (secondary N) is 2. The lowest BCUT2D eigenvalue weighted by Crippen LogP contribution is -2.22. The minimum Gasteiger partial charge on any atom is -0.368 e. The molecule has 4 aromatic rings. The summed E-state index contributed by atoms with van der Waals surface area (Å²) in [7, 11) is 0. The molecule has 4 rings (SSSR count). The van der Waals surface area contributed by atoms with E-state index in [1.165, 1.54) is 10.9 Å². The third-order valence-electron chi connectivity index (χ3n) is 5.25. The summed E-state index contributed by atoms with van der Waals surface area (Å²) < 4.78 is 1.42. The molecule has 10 heteroatoms. The van der Waals surface area contributed by atoms with Gasteiger partial charge in [-0.1, -0.05) is 66.2 Å². The number of halogens is 1. The molecular formula is C27H23ClN6O3. The summed E-state index contributed by atoms with van der Waals surface area (Å²) in [6.45, 7) is -0.0941. The number of hydrazone groups is 1. The lowest BCUT2D eigenvalue weighted by Gasteiger charge is -2.10. The van der Waals surface area contributed by atoms with Crippen LogP contribution in [0.4, 0.5) is 5.69 Å². The predicted octanol–water partition coefficient (Wildman–Crippen LogP) is 3.63. The minimum absolute atomic E-state index is 0.0941. The molecular weight excluding hydrogens is 492 g/mol. The second-order valence-electron chi connectivity index (χ2n) is 8.06. The van der Waals surface area contributed by atoms with Gasteiger partial charge >= 0.3 is 0 Å². The van der Waals surface area contributed by atoms with E-state index in [0.717, 1.165) is 11.1 Å². The molecule has 0 saturated heterocycles. The van der Waals surface area contributed by atoms with Crippen molar-refractivity contribution >= 4 is 41.2 Å². The van der Waals surface area contributed by atoms with E-state index in [1.807, 2.05) is 30.3 Å². The number of para-hydroxylation sites is 1. The fourth-order valence-electron chi connectivity index (χ4n) is 3.59. The van der Waals surface area contributed by atoms with Gasteiger partial charge in [0.1, 0.15) is 12.2 Å². The van der Waals surface area contributed by atoms with Gasteiger partial charge in [0, 0.05) is 22.3 Å². The van der Waals surface area contributed by atoms with E-state index >= 15 is 0 Å². The number of primary amides is 1. The summed E-state index contributed by atoms with van der Waals surface area (Å²) in [4.78, 5) is 36.8. The molecule has 4 N–H and O–H groups in total. The fraction of sp³-hybridized carbons (Fsp3) is 0.0741. The largest absolute Gasteiger partial charge is 0.368 e. The highest BCUT2D eigenvalue weighted by Crippen LogP contribution is 2.21. The van der Waals surface area contributed by atoms with Crippen LogP contribution in [-0.4, -0.2) is 33.7 Å². The SMILES string of the molecule is NC(=O)Cn1cc(/C=N\NC(=O)c2ccccc2NC(=O)Cc2ccc(Cl)cc2)c(-c2ccccc2)n1. The van der Waals surface area contributed by atoms with Crippen molar-refractivity contribution in [3.05, 3.63) is 107 Å². The Morgan fingerprint density at radius 2 is 1.68 bits per heavy atom. The molecule has 37 heavy (non-hydrogen) atoms. The number of benzene rings is 3. The zero-order chi connectivity index (χ0) is 26.2. The summed E-state index contributed by atoms with van der Waals surface area (Å²) in [5.74, 6) is -1.32. The van der Waals surface area contributed by atoms with Gasteiger partial charge in [-0.3, -0.25) is 19.1 Å². The average Bonchev–Trinajstić information content (AvgIpc) is 3.28. The number of rotatable bonds is 9. The first-order chi connectivity index (χ1) is 17.9. The topological polar surface area (TPSA) is 131 Å². The number of nitrogens with zero attached hydrogens (tertiary/aromatic N) is 3. The molecule has 0 spiro atoms. The van der Waals surface area contributed by atoms with Gasteiger partial charge in [0.25, 0.3) is 5.91 Å². The molecule has 0 bridgehead atoms. The van der Waals surface area contributed by atoms with Crippen molar-refractivity contribution in [3.63, 3.8) is 0 Å². The molecule has 0 atom stereocenters. The van der Waals surface area contributed by atoms with Crippen LogP contribution in [-0.2, 0) is 22.6 Å². The first-order valence-electron chi connectivity index (χ1n) is 11.3. The zero-order valence-electron chi connectivity index (χ0n) is 19.6. The van der Waals surface area contributed by atoms with Gasteiger partial charge in [0.15, 0.2) is 0 Å². The Morgan fingerprint density at radius 1 is 0.973 bits per heavy atom. The number of aromatic nitrogens is 2. The van der Waals surface area contributed by atoms with Gasteiger partial charge in [-0.2, -0.15) is 10.2 Å². The van der Waals surface area contributed by atoms with E-state index in [1.54, 1.807) is 54.7 Å². The van der Waals surface area contributed by atoms with Crippen LogP contribution in [0.2, 0.25) is 5.02 Å². The van der Waals surface area contributed by atoms with Crippen molar-refractivity contribution in [2.45, 2.75) is 13.0 Å². The minimum atomic E-state index is -0.534. The van der Waals surface area contributed by atoms with E-state index < -0.39 is 11.8 Å². The normalized spacial score (nSPS) is 10.8. The Hall–Kier alpha value is -4.76. The highest BCUT2D eigenvalue weighted by Gasteiger charge is 2.14. The molecule has 0 unspecified atom stereocenters. The number of carbonyl (C=O) groups excluding carboxylic acids is 3. The summed E-state index contributed by atoms with van der Waals surface area (Å²) in [6, 6.07) is 22.9. The number of nitrogens with two attached hydrogens (primary N) is 1. The number of hydrogen-bond acceptors (Lipinski definition) is 5. The van der Waals surface area contributed by atoms with Gasteiger partial charge in [-0.25, -0.2) is 5.43 Å². The predicted molar refractivity (Wildman–Crippen MR) is 142 cm³/mol. The Bertz CT molecular complexity index is 1450. The third-order valence-corrected chi connectivity index (χ3v) is 5.50. The van der Waals surface area contributed by atoms with Crippen LogP contribution in [0.5, 0.6) is 0 Å². The van der Waals surface area contributed by atoms with Gasteiger partial charge in [-0.15, -0.1) is 0 Å². The molecule has 3 aromatic carbocycles. The smallest absolute Gasteiger partial charge is 0.273 e. The van der Waals surface area contributed by atoms with Crippen LogP contribution < -0.4 is 16.5 Å². The van der Waals surface area contributed by atoms with Crippen molar-refractivity contribution in [3.8, 4) is 11.3 Å². The van der Waals surface area contributed by atoms with Crippen LogP contribution >= 0.6 is 11.6 Å². The maximum absolute atomic E-state index is 12.9. The van der Waals surface area contributed by atoms with Gasteiger partial charge in [-0.05, 0) is 29.8 Å². The molecule has 9 nitrogen and oxygen atoms in total. The highest BCUT2D eigenvalue weighted by molar-refractivity contribution is 6.30. The van der Waals surface area contributed by atoms with Crippen molar-refractivity contribution in [2.75, 3.05) is 5.32 Å². The lowest BCUT2D eigenvalue weighted by atomic mass is 10.1. The van der Waals surface area contributed by atoms with Gasteiger partial charge in [0.05, 0.1) is 23.9 Å². The quantitative estimate of drug-likeness (QED) is 0.232.